The van der Waals surface area contributed by atoms with E-state index < -0.39 is 15.9 Å². The fourth-order valence-corrected chi connectivity index (χ4v) is 3.74. The maximum atomic E-state index is 13.0. The van der Waals surface area contributed by atoms with E-state index in [2.05, 4.69) is 11.2 Å². The molecular weight excluding hydrogens is 348 g/mol. The molecule has 1 N–H and O–H groups in total. The molecule has 0 radical (unpaired) electrons. The second-order valence-electron chi connectivity index (χ2n) is 4.84. The van der Waals surface area contributed by atoms with Crippen LogP contribution in [0.1, 0.15) is 5.56 Å². The highest BCUT2D eigenvalue weighted by atomic mass is 35.5. The molecular formula is C17H15ClN2O3S. The lowest BCUT2D eigenvalue weighted by molar-refractivity contribution is -0.119. The summed E-state index contributed by atoms with van der Waals surface area (Å²) in [6, 6.07) is 12.3. The van der Waals surface area contributed by atoms with E-state index in [-0.39, 0.29) is 16.5 Å². The van der Waals surface area contributed by atoms with Gasteiger partial charge in [-0.25, -0.2) is 8.42 Å². The average molecular weight is 363 g/mol. The number of hydrogen-bond donors (Lipinski definition) is 1. The molecule has 0 aliphatic carbocycles. The predicted molar refractivity (Wildman–Crippen MR) is 94.4 cm³/mol. The van der Waals surface area contributed by atoms with Crippen LogP contribution in [0.3, 0.4) is 0 Å². The van der Waals surface area contributed by atoms with Crippen LogP contribution in [0.15, 0.2) is 53.4 Å². The highest BCUT2D eigenvalue weighted by Crippen LogP contribution is 2.25. The number of terminal acetylenes is 1. The number of anilines is 1. The van der Waals surface area contributed by atoms with Crippen molar-refractivity contribution in [1.82, 2.24) is 5.32 Å². The molecule has 0 unspecified atom stereocenters. The number of carbonyl (C=O) groups excluding carboxylic acids is 1. The van der Waals surface area contributed by atoms with Crippen molar-refractivity contribution in [3.8, 4) is 12.3 Å². The minimum atomic E-state index is -3.99. The van der Waals surface area contributed by atoms with Crippen LogP contribution in [0.25, 0.3) is 0 Å². The Balaban J connectivity index is 2.57. The second-order valence-corrected chi connectivity index (χ2v) is 7.14. The van der Waals surface area contributed by atoms with Gasteiger partial charge in [-0.2, -0.15) is 0 Å². The van der Waals surface area contributed by atoms with Crippen molar-refractivity contribution < 1.29 is 13.2 Å². The van der Waals surface area contributed by atoms with E-state index in [0.717, 1.165) is 4.31 Å². The smallest absolute Gasteiger partial charge is 0.264 e. The van der Waals surface area contributed by atoms with E-state index in [1.54, 1.807) is 24.3 Å². The zero-order valence-electron chi connectivity index (χ0n) is 12.9. The molecule has 0 heterocycles. The average Bonchev–Trinajstić information content (AvgIpc) is 2.59. The molecule has 0 aliphatic rings. The quantitative estimate of drug-likeness (QED) is 0.830. The number of carbonyl (C=O) groups is 1. The van der Waals surface area contributed by atoms with Gasteiger partial charge in [0.2, 0.25) is 5.91 Å². The van der Waals surface area contributed by atoms with Crippen LogP contribution in [-0.2, 0) is 14.8 Å². The fraction of sp³-hybridized carbons (Fsp3) is 0.118. The number of amides is 1. The summed E-state index contributed by atoms with van der Waals surface area (Å²) in [5.74, 6) is 1.99. The molecule has 24 heavy (non-hydrogen) atoms. The summed E-state index contributed by atoms with van der Waals surface area (Å²) in [6.45, 7) is -0.376. The lowest BCUT2D eigenvalue weighted by Crippen LogP contribution is -2.39. The molecule has 0 saturated heterocycles. The molecule has 0 spiro atoms. The molecule has 124 valence electrons. The van der Waals surface area contributed by atoms with Gasteiger partial charge in [0.05, 0.1) is 10.6 Å². The van der Waals surface area contributed by atoms with Gasteiger partial charge in [0.15, 0.2) is 0 Å². The molecule has 0 saturated carbocycles. The first kappa shape index (κ1) is 17.9. The lowest BCUT2D eigenvalue weighted by Gasteiger charge is -2.24. The number of rotatable bonds is 5. The van der Waals surface area contributed by atoms with E-state index in [1.165, 1.54) is 31.3 Å². The Morgan fingerprint density at radius 1 is 1.25 bits per heavy atom. The summed E-state index contributed by atoms with van der Waals surface area (Å²) in [4.78, 5) is 11.8. The molecule has 2 rings (SSSR count). The summed E-state index contributed by atoms with van der Waals surface area (Å²) < 4.78 is 26.9. The van der Waals surface area contributed by atoms with Crippen LogP contribution in [0.5, 0.6) is 0 Å². The second kappa shape index (κ2) is 7.39. The molecule has 0 aliphatic heterocycles. The highest BCUT2D eigenvalue weighted by molar-refractivity contribution is 7.92. The number of sulfonamides is 1. The van der Waals surface area contributed by atoms with Crippen molar-refractivity contribution in [1.29, 1.82) is 0 Å². The van der Waals surface area contributed by atoms with Crippen LogP contribution in [0.2, 0.25) is 5.02 Å². The number of hydrogen-bond acceptors (Lipinski definition) is 3. The standard InChI is InChI=1S/C17H15ClN2O3S/c1-3-13-6-4-8-15(10-13)20(12-17(21)19-2)24(22,23)16-9-5-7-14(18)11-16/h1,4-11H,12H2,2H3,(H,19,21). The monoisotopic (exact) mass is 362 g/mol. The molecule has 1 amide bonds. The van der Waals surface area contributed by atoms with Gasteiger partial charge in [-0.15, -0.1) is 6.42 Å². The summed E-state index contributed by atoms with van der Waals surface area (Å²) in [5, 5.41) is 2.70. The summed E-state index contributed by atoms with van der Waals surface area (Å²) in [7, 11) is -2.55. The molecule has 2 aromatic rings. The number of halogens is 1. The first-order valence-electron chi connectivity index (χ1n) is 6.94. The maximum absolute atomic E-state index is 13.0. The van der Waals surface area contributed by atoms with Gasteiger partial charge in [0.25, 0.3) is 10.0 Å². The van der Waals surface area contributed by atoms with Crippen molar-refractivity contribution >= 4 is 33.2 Å². The van der Waals surface area contributed by atoms with Gasteiger partial charge in [0.1, 0.15) is 6.54 Å². The van der Waals surface area contributed by atoms with Gasteiger partial charge < -0.3 is 5.32 Å². The molecule has 2 aromatic carbocycles. The Labute approximate surface area is 146 Å². The minimum Gasteiger partial charge on any atom is -0.358 e. The van der Waals surface area contributed by atoms with E-state index in [4.69, 9.17) is 18.0 Å². The first-order chi connectivity index (χ1) is 11.4. The van der Waals surface area contributed by atoms with Gasteiger partial charge in [0, 0.05) is 17.6 Å². The van der Waals surface area contributed by atoms with Crippen molar-refractivity contribution in [2.45, 2.75) is 4.90 Å². The van der Waals surface area contributed by atoms with E-state index in [1.807, 2.05) is 0 Å². The van der Waals surface area contributed by atoms with Crippen molar-refractivity contribution in [2.75, 3.05) is 17.9 Å². The topological polar surface area (TPSA) is 66.5 Å². The number of nitrogens with zero attached hydrogens (tertiary/aromatic N) is 1. The van der Waals surface area contributed by atoms with Crippen LogP contribution < -0.4 is 9.62 Å². The summed E-state index contributed by atoms with van der Waals surface area (Å²) in [6.07, 6.45) is 5.37. The zero-order valence-corrected chi connectivity index (χ0v) is 14.4. The number of likely N-dealkylation sites (N-methyl/N-ethyl adjacent to an activating group) is 1. The van der Waals surface area contributed by atoms with Gasteiger partial charge in [-0.1, -0.05) is 29.7 Å². The molecule has 0 bridgehead atoms. The number of benzene rings is 2. The minimum absolute atomic E-state index is 0.00925. The first-order valence-corrected chi connectivity index (χ1v) is 8.76. The van der Waals surface area contributed by atoms with Crippen LogP contribution in [0, 0.1) is 12.3 Å². The van der Waals surface area contributed by atoms with E-state index >= 15 is 0 Å². The largest absolute Gasteiger partial charge is 0.358 e. The summed E-state index contributed by atoms with van der Waals surface area (Å²) in [5.41, 5.74) is 0.810. The lowest BCUT2D eigenvalue weighted by atomic mass is 10.2. The Morgan fingerprint density at radius 3 is 2.58 bits per heavy atom. The van der Waals surface area contributed by atoms with Gasteiger partial charge in [-0.05, 0) is 36.4 Å². The Morgan fingerprint density at radius 2 is 1.96 bits per heavy atom. The third-order valence-electron chi connectivity index (χ3n) is 3.25. The van der Waals surface area contributed by atoms with E-state index in [9.17, 15) is 13.2 Å². The van der Waals surface area contributed by atoms with Crippen LogP contribution in [0.4, 0.5) is 5.69 Å². The Kier molecular flexibility index (Phi) is 5.50. The molecule has 0 atom stereocenters. The number of nitrogens with one attached hydrogen (secondary N) is 1. The van der Waals surface area contributed by atoms with E-state index in [0.29, 0.717) is 11.3 Å². The third-order valence-corrected chi connectivity index (χ3v) is 5.26. The maximum Gasteiger partial charge on any atom is 0.264 e. The zero-order chi connectivity index (χ0) is 17.7. The third kappa shape index (κ3) is 3.88. The molecule has 0 fully saturated rings. The highest BCUT2D eigenvalue weighted by Gasteiger charge is 2.27. The van der Waals surface area contributed by atoms with Crippen molar-refractivity contribution in [3.05, 3.63) is 59.1 Å². The summed E-state index contributed by atoms with van der Waals surface area (Å²) >= 11 is 5.89. The Hall–Kier alpha value is -2.49. The van der Waals surface area contributed by atoms with Crippen LogP contribution in [-0.4, -0.2) is 27.9 Å². The van der Waals surface area contributed by atoms with Crippen molar-refractivity contribution in [3.63, 3.8) is 0 Å². The van der Waals surface area contributed by atoms with Gasteiger partial charge >= 0.3 is 0 Å². The molecule has 0 aromatic heterocycles. The molecule has 5 nitrogen and oxygen atoms in total. The normalized spacial score (nSPS) is 10.7. The van der Waals surface area contributed by atoms with Crippen LogP contribution >= 0.6 is 11.6 Å². The SMILES string of the molecule is C#Cc1cccc(N(CC(=O)NC)S(=O)(=O)c2cccc(Cl)c2)c1. The van der Waals surface area contributed by atoms with Crippen molar-refractivity contribution in [2.24, 2.45) is 0 Å². The molecule has 7 heteroatoms. The Bertz CT molecular complexity index is 904. The predicted octanol–water partition coefficient (Wildman–Crippen LogP) is 2.26. The fourth-order valence-electron chi connectivity index (χ4n) is 2.03. The van der Waals surface area contributed by atoms with Gasteiger partial charge in [-0.3, -0.25) is 9.10 Å².